The summed E-state index contributed by atoms with van der Waals surface area (Å²) in [6, 6.07) is 12.7. The summed E-state index contributed by atoms with van der Waals surface area (Å²) < 4.78 is 2.28. The first-order chi connectivity index (χ1) is 11.5. The number of amides is 1. The number of aryl methyl sites for hydroxylation is 1. The van der Waals surface area contributed by atoms with Gasteiger partial charge in [0.15, 0.2) is 0 Å². The Hall–Kier alpha value is -2.07. The van der Waals surface area contributed by atoms with Gasteiger partial charge in [0.25, 0.3) is 5.91 Å². The van der Waals surface area contributed by atoms with Crippen molar-refractivity contribution in [2.24, 2.45) is 0 Å². The molecule has 0 radical (unpaired) electrons. The van der Waals surface area contributed by atoms with Crippen LogP contribution < -0.4 is 0 Å². The predicted octanol–water partition coefficient (Wildman–Crippen LogP) is 3.10. The molecule has 0 N–H and O–H groups in total. The monoisotopic (exact) mass is 325 g/mol. The summed E-state index contributed by atoms with van der Waals surface area (Å²) in [7, 11) is 2.11. The lowest BCUT2D eigenvalue weighted by molar-refractivity contribution is 0.0663. The Morgan fingerprint density at radius 1 is 1.04 bits per heavy atom. The second kappa shape index (κ2) is 6.81. The lowest BCUT2D eigenvalue weighted by Crippen LogP contribution is -2.47. The van der Waals surface area contributed by atoms with Crippen LogP contribution in [0.2, 0.25) is 0 Å². The molecule has 4 heteroatoms. The molecule has 1 aromatic carbocycles. The average Bonchev–Trinajstić information content (AvgIpc) is 2.89. The predicted molar refractivity (Wildman–Crippen MR) is 97.6 cm³/mol. The number of carbonyl (C=O) groups is 1. The van der Waals surface area contributed by atoms with Crippen LogP contribution in [-0.4, -0.2) is 53.5 Å². The number of carbonyl (C=O) groups excluding carboxylic acids is 1. The fourth-order valence-electron chi connectivity index (χ4n) is 3.65. The Kier molecular flexibility index (Phi) is 4.76. The highest BCUT2D eigenvalue weighted by atomic mass is 16.2. The van der Waals surface area contributed by atoms with Crippen molar-refractivity contribution < 1.29 is 4.79 Å². The molecule has 1 atom stereocenters. The molecular weight excluding hydrogens is 298 g/mol. The molecule has 0 bridgehead atoms. The van der Waals surface area contributed by atoms with Gasteiger partial charge in [-0.05, 0) is 39.4 Å². The Bertz CT molecular complexity index is 712. The van der Waals surface area contributed by atoms with E-state index in [2.05, 4.69) is 67.6 Å². The van der Waals surface area contributed by atoms with E-state index in [9.17, 15) is 4.79 Å². The molecule has 1 aromatic heterocycles. The van der Waals surface area contributed by atoms with Gasteiger partial charge < -0.3 is 14.4 Å². The minimum Gasteiger partial charge on any atom is -0.341 e. The normalized spacial score (nSPS) is 17.1. The molecular formula is C20H27N3O. The third-order valence-electron chi connectivity index (χ3n) is 5.17. The zero-order chi connectivity index (χ0) is 17.3. The van der Waals surface area contributed by atoms with E-state index in [0.29, 0.717) is 0 Å². The van der Waals surface area contributed by atoms with Gasteiger partial charge >= 0.3 is 0 Å². The van der Waals surface area contributed by atoms with Crippen molar-refractivity contribution in [3.8, 4) is 0 Å². The quantitative estimate of drug-likeness (QED) is 0.867. The van der Waals surface area contributed by atoms with Crippen LogP contribution >= 0.6 is 0 Å². The average molecular weight is 325 g/mol. The molecule has 128 valence electrons. The van der Waals surface area contributed by atoms with E-state index < -0.39 is 0 Å². The minimum atomic E-state index is 0.169. The van der Waals surface area contributed by atoms with E-state index >= 15 is 0 Å². The topological polar surface area (TPSA) is 28.5 Å². The fourth-order valence-corrected chi connectivity index (χ4v) is 3.65. The van der Waals surface area contributed by atoms with Gasteiger partial charge in [0.1, 0.15) is 0 Å². The van der Waals surface area contributed by atoms with E-state index in [4.69, 9.17) is 0 Å². The van der Waals surface area contributed by atoms with Gasteiger partial charge in [-0.15, -0.1) is 0 Å². The van der Waals surface area contributed by atoms with Crippen LogP contribution in [-0.2, 0) is 0 Å². The number of piperazine rings is 1. The maximum Gasteiger partial charge on any atom is 0.255 e. The second-order valence-corrected chi connectivity index (χ2v) is 6.84. The number of hydrogen-bond donors (Lipinski definition) is 0. The molecule has 24 heavy (non-hydrogen) atoms. The first-order valence-electron chi connectivity index (χ1n) is 8.70. The highest BCUT2D eigenvalue weighted by Crippen LogP contribution is 2.26. The molecule has 3 rings (SSSR count). The Morgan fingerprint density at radius 3 is 2.29 bits per heavy atom. The summed E-state index contributed by atoms with van der Waals surface area (Å²) in [6.07, 6.45) is 0. The first-order valence-corrected chi connectivity index (χ1v) is 8.70. The Labute approximate surface area is 144 Å². The molecule has 2 aromatic rings. The van der Waals surface area contributed by atoms with Crippen molar-refractivity contribution >= 4 is 5.91 Å². The van der Waals surface area contributed by atoms with Gasteiger partial charge in [0.2, 0.25) is 0 Å². The summed E-state index contributed by atoms with van der Waals surface area (Å²) >= 11 is 0. The summed E-state index contributed by atoms with van der Waals surface area (Å²) in [4.78, 5) is 17.2. The molecule has 1 saturated heterocycles. The molecule has 4 nitrogen and oxygen atoms in total. The van der Waals surface area contributed by atoms with Crippen molar-refractivity contribution in [2.45, 2.75) is 26.8 Å². The van der Waals surface area contributed by atoms with Crippen LogP contribution in [0.1, 0.15) is 40.3 Å². The summed E-state index contributed by atoms with van der Waals surface area (Å²) in [5, 5.41) is 0. The van der Waals surface area contributed by atoms with E-state index in [1.807, 2.05) is 11.0 Å². The van der Waals surface area contributed by atoms with Crippen molar-refractivity contribution in [3.63, 3.8) is 0 Å². The lowest BCUT2D eigenvalue weighted by atomic mass is 10.1. The summed E-state index contributed by atoms with van der Waals surface area (Å²) in [5.74, 6) is 0.169. The van der Waals surface area contributed by atoms with E-state index in [-0.39, 0.29) is 11.9 Å². The number of benzene rings is 1. The van der Waals surface area contributed by atoms with Crippen molar-refractivity contribution in [3.05, 3.63) is 58.9 Å². The second-order valence-electron chi connectivity index (χ2n) is 6.84. The molecule has 0 aliphatic carbocycles. The first kappa shape index (κ1) is 16.8. The zero-order valence-corrected chi connectivity index (χ0v) is 15.1. The number of hydrogen-bond acceptors (Lipinski definition) is 2. The maximum absolute atomic E-state index is 12.9. The van der Waals surface area contributed by atoms with Crippen LogP contribution in [0.3, 0.4) is 0 Å². The van der Waals surface area contributed by atoms with E-state index in [0.717, 1.165) is 43.1 Å². The highest BCUT2D eigenvalue weighted by molar-refractivity contribution is 5.95. The molecule has 1 aliphatic heterocycles. The summed E-state index contributed by atoms with van der Waals surface area (Å²) in [5.41, 5.74) is 4.31. The fraction of sp³-hybridized carbons (Fsp3) is 0.450. The maximum atomic E-state index is 12.9. The van der Waals surface area contributed by atoms with Gasteiger partial charge in [0.05, 0.1) is 11.6 Å². The standard InChI is InChI=1S/C20H27N3O/c1-15-14-19(20(24)22-12-10-21(4)11-13-22)17(3)23(15)16(2)18-8-6-5-7-9-18/h5-9,14,16H,10-13H2,1-4H3. The van der Waals surface area contributed by atoms with E-state index in [1.54, 1.807) is 0 Å². The van der Waals surface area contributed by atoms with Crippen LogP contribution in [0.5, 0.6) is 0 Å². The van der Waals surface area contributed by atoms with Gasteiger partial charge in [-0.3, -0.25) is 4.79 Å². The number of aromatic nitrogens is 1. The highest BCUT2D eigenvalue weighted by Gasteiger charge is 2.25. The Morgan fingerprint density at radius 2 is 1.67 bits per heavy atom. The molecule has 1 unspecified atom stereocenters. The third kappa shape index (κ3) is 3.11. The van der Waals surface area contributed by atoms with Gasteiger partial charge in [-0.2, -0.15) is 0 Å². The molecule has 1 aliphatic rings. The smallest absolute Gasteiger partial charge is 0.255 e. The molecule has 1 fully saturated rings. The van der Waals surface area contributed by atoms with Crippen molar-refractivity contribution in [1.82, 2.24) is 14.4 Å². The minimum absolute atomic E-state index is 0.169. The largest absolute Gasteiger partial charge is 0.341 e. The van der Waals surface area contributed by atoms with Crippen LogP contribution in [0, 0.1) is 13.8 Å². The van der Waals surface area contributed by atoms with Crippen molar-refractivity contribution in [2.75, 3.05) is 33.2 Å². The SMILES string of the molecule is Cc1cc(C(=O)N2CCN(C)CC2)c(C)n1C(C)c1ccccc1. The molecule has 0 saturated carbocycles. The van der Waals surface area contributed by atoms with Gasteiger partial charge in [-0.25, -0.2) is 0 Å². The Balaban J connectivity index is 1.88. The summed E-state index contributed by atoms with van der Waals surface area (Å²) in [6.45, 7) is 9.87. The number of rotatable bonds is 3. The van der Waals surface area contributed by atoms with Gasteiger partial charge in [-0.1, -0.05) is 30.3 Å². The molecule has 0 spiro atoms. The third-order valence-corrected chi connectivity index (χ3v) is 5.17. The van der Waals surface area contributed by atoms with Crippen LogP contribution in [0.15, 0.2) is 36.4 Å². The van der Waals surface area contributed by atoms with Crippen molar-refractivity contribution in [1.29, 1.82) is 0 Å². The number of nitrogens with zero attached hydrogens (tertiary/aromatic N) is 3. The van der Waals surface area contributed by atoms with E-state index in [1.165, 1.54) is 5.56 Å². The van der Waals surface area contributed by atoms with Crippen LogP contribution in [0.25, 0.3) is 0 Å². The molecule has 1 amide bonds. The number of likely N-dealkylation sites (N-methyl/N-ethyl adjacent to an activating group) is 1. The lowest BCUT2D eigenvalue weighted by Gasteiger charge is -2.32. The van der Waals surface area contributed by atoms with Crippen LogP contribution in [0.4, 0.5) is 0 Å². The zero-order valence-electron chi connectivity index (χ0n) is 15.1. The molecule has 2 heterocycles. The van der Waals surface area contributed by atoms with Gasteiger partial charge in [0, 0.05) is 37.6 Å².